The predicted molar refractivity (Wildman–Crippen MR) is 128 cm³/mol. The number of allylic oxidation sites excluding steroid dienone is 2. The van der Waals surface area contributed by atoms with Gasteiger partial charge in [-0.05, 0) is 36.5 Å². The molecule has 0 fully saturated rings. The van der Waals surface area contributed by atoms with Crippen LogP contribution >= 0.6 is 0 Å². The summed E-state index contributed by atoms with van der Waals surface area (Å²) in [5.74, 6) is 0.599. The maximum Gasteiger partial charge on any atom is 0.262 e. The molecule has 3 aromatic rings. The molecule has 0 spiro atoms. The van der Waals surface area contributed by atoms with Crippen molar-refractivity contribution in [2.75, 3.05) is 0 Å². The first kappa shape index (κ1) is 21.8. The molecule has 2 heterocycles. The highest BCUT2D eigenvalue weighted by molar-refractivity contribution is 5.88. The Balaban J connectivity index is 2.06. The van der Waals surface area contributed by atoms with Crippen molar-refractivity contribution in [1.82, 2.24) is 14.5 Å². The highest BCUT2D eigenvalue weighted by atomic mass is 16.2. The topological polar surface area (TPSA) is 55.2 Å². The predicted octanol–water partition coefficient (Wildman–Crippen LogP) is 4.98. The second-order valence-electron chi connectivity index (χ2n) is 8.75. The molecule has 0 radical (unpaired) electrons. The van der Waals surface area contributed by atoms with Crippen molar-refractivity contribution in [1.29, 1.82) is 0 Å². The zero-order valence-corrected chi connectivity index (χ0v) is 18.7. The van der Waals surface area contributed by atoms with E-state index in [1.54, 1.807) is 22.8 Å². The molecule has 4 rings (SSSR count). The normalized spacial score (nSPS) is 17.4. The number of rotatable bonds is 7. The largest absolute Gasteiger partial charge is 0.326 e. The summed E-state index contributed by atoms with van der Waals surface area (Å²) in [6, 6.07) is 16.9. The van der Waals surface area contributed by atoms with Gasteiger partial charge in [-0.25, -0.2) is 4.98 Å². The van der Waals surface area contributed by atoms with Crippen molar-refractivity contribution >= 4 is 16.8 Å². The molecule has 164 valence electrons. The number of nitrogens with zero attached hydrogens (tertiary/aromatic N) is 3. The minimum Gasteiger partial charge on any atom is -0.326 e. The molecule has 0 unspecified atom stereocenters. The Morgan fingerprint density at radius 2 is 1.62 bits per heavy atom. The Morgan fingerprint density at radius 1 is 1.00 bits per heavy atom. The third kappa shape index (κ3) is 3.38. The van der Waals surface area contributed by atoms with Gasteiger partial charge in [0.2, 0.25) is 0 Å². The summed E-state index contributed by atoms with van der Waals surface area (Å²) in [6.07, 6.45) is 4.06. The lowest BCUT2D eigenvalue weighted by Gasteiger charge is -2.48. The average molecular weight is 428 g/mol. The van der Waals surface area contributed by atoms with Crippen LogP contribution in [0.5, 0.6) is 0 Å². The number of fused-ring (bicyclic) bond motifs is 2. The second-order valence-corrected chi connectivity index (χ2v) is 8.75. The molecular weight excluding hydrogens is 398 g/mol. The van der Waals surface area contributed by atoms with Crippen LogP contribution < -0.4 is 5.56 Å². The second kappa shape index (κ2) is 8.58. The molecule has 5 heteroatoms. The van der Waals surface area contributed by atoms with E-state index in [2.05, 4.69) is 27.0 Å². The van der Waals surface area contributed by atoms with E-state index in [9.17, 15) is 9.59 Å². The third-order valence-corrected chi connectivity index (χ3v) is 6.28. The van der Waals surface area contributed by atoms with E-state index < -0.39 is 5.54 Å². The summed E-state index contributed by atoms with van der Waals surface area (Å²) in [5, 5.41) is 0.514. The van der Waals surface area contributed by atoms with Gasteiger partial charge >= 0.3 is 0 Å². The van der Waals surface area contributed by atoms with Gasteiger partial charge in [0.15, 0.2) is 0 Å². The van der Waals surface area contributed by atoms with Crippen LogP contribution in [0.4, 0.5) is 0 Å². The first-order chi connectivity index (χ1) is 15.4. The van der Waals surface area contributed by atoms with Crippen molar-refractivity contribution in [3.8, 4) is 0 Å². The van der Waals surface area contributed by atoms with Crippen LogP contribution in [0.15, 0.2) is 84.7 Å². The van der Waals surface area contributed by atoms with Gasteiger partial charge in [0.1, 0.15) is 11.4 Å². The molecule has 0 saturated carbocycles. The molecule has 2 aromatic carbocycles. The maximum atomic E-state index is 14.2. The fraction of sp³-hybridized carbons (Fsp3) is 0.296. The van der Waals surface area contributed by atoms with Crippen LogP contribution in [-0.2, 0) is 16.9 Å². The molecule has 0 bridgehead atoms. The van der Waals surface area contributed by atoms with Crippen LogP contribution in [0.2, 0.25) is 0 Å². The van der Waals surface area contributed by atoms with Crippen molar-refractivity contribution in [2.24, 2.45) is 5.92 Å². The summed E-state index contributed by atoms with van der Waals surface area (Å²) in [7, 11) is 0. The minimum absolute atomic E-state index is 0.0624. The molecule has 1 amide bonds. The first-order valence-corrected chi connectivity index (χ1v) is 11.0. The van der Waals surface area contributed by atoms with Crippen LogP contribution in [0.1, 0.15) is 44.1 Å². The van der Waals surface area contributed by atoms with Gasteiger partial charge in [-0.2, -0.15) is 0 Å². The van der Waals surface area contributed by atoms with E-state index in [1.165, 1.54) is 0 Å². The molecule has 5 nitrogen and oxygen atoms in total. The number of aromatic nitrogens is 2. The molecule has 0 N–H and O–H groups in total. The number of amides is 1. The van der Waals surface area contributed by atoms with E-state index in [0.717, 1.165) is 5.56 Å². The smallest absolute Gasteiger partial charge is 0.262 e. The number of benzene rings is 2. The molecule has 1 aliphatic heterocycles. The number of carbonyl (C=O) groups excluding carboxylic acids is 1. The lowest BCUT2D eigenvalue weighted by molar-refractivity contribution is -0.150. The number of carbonyl (C=O) groups is 1. The third-order valence-electron chi connectivity index (χ3n) is 6.28. The van der Waals surface area contributed by atoms with E-state index >= 15 is 0 Å². The summed E-state index contributed by atoms with van der Waals surface area (Å²) in [6.45, 7) is 12.4. The van der Waals surface area contributed by atoms with Gasteiger partial charge in [0.05, 0.1) is 16.9 Å². The Labute approximate surface area is 188 Å². The van der Waals surface area contributed by atoms with Crippen molar-refractivity contribution in [3.63, 3.8) is 0 Å². The first-order valence-electron chi connectivity index (χ1n) is 11.0. The quantitative estimate of drug-likeness (QED) is 0.500. The van der Waals surface area contributed by atoms with Gasteiger partial charge in [-0.15, -0.1) is 13.2 Å². The lowest BCUT2D eigenvalue weighted by atomic mass is 9.83. The molecule has 1 aromatic heterocycles. The van der Waals surface area contributed by atoms with Gasteiger partial charge in [-0.1, -0.05) is 68.5 Å². The van der Waals surface area contributed by atoms with E-state index in [0.29, 0.717) is 36.1 Å². The molecule has 1 aliphatic rings. The molecule has 1 atom stereocenters. The average Bonchev–Trinajstić information content (AvgIpc) is 2.78. The Morgan fingerprint density at radius 3 is 2.25 bits per heavy atom. The lowest BCUT2D eigenvalue weighted by Crippen LogP contribution is -2.61. The van der Waals surface area contributed by atoms with Crippen LogP contribution in [0.25, 0.3) is 10.9 Å². The van der Waals surface area contributed by atoms with Crippen LogP contribution in [0.3, 0.4) is 0 Å². The fourth-order valence-corrected chi connectivity index (χ4v) is 4.92. The molecule has 0 saturated heterocycles. The van der Waals surface area contributed by atoms with Gasteiger partial charge < -0.3 is 4.90 Å². The van der Waals surface area contributed by atoms with Gasteiger partial charge in [0.25, 0.3) is 11.5 Å². The Bertz CT molecular complexity index is 1220. The SMILES string of the molecule is C=CCC1(CC=C)C(=O)N(Cc2ccccc2)[C@@H](C(C)C)c2nc3ccccc3c(=O)n21. The highest BCUT2D eigenvalue weighted by Gasteiger charge is 2.51. The highest BCUT2D eigenvalue weighted by Crippen LogP contribution is 2.42. The maximum absolute atomic E-state index is 14.2. The van der Waals surface area contributed by atoms with Gasteiger partial charge in [-0.3, -0.25) is 14.2 Å². The van der Waals surface area contributed by atoms with Crippen LogP contribution in [-0.4, -0.2) is 20.4 Å². The summed E-state index contributed by atoms with van der Waals surface area (Å²) < 4.78 is 1.65. The molecule has 0 aliphatic carbocycles. The number of hydrogen-bond donors (Lipinski definition) is 0. The number of para-hydroxylation sites is 1. The Kier molecular flexibility index (Phi) is 5.83. The van der Waals surface area contributed by atoms with E-state index in [1.807, 2.05) is 53.4 Å². The van der Waals surface area contributed by atoms with Crippen LogP contribution in [0, 0.1) is 5.92 Å². The molecule has 32 heavy (non-hydrogen) atoms. The van der Waals surface area contributed by atoms with Gasteiger partial charge in [0, 0.05) is 6.54 Å². The minimum atomic E-state index is -1.13. The number of hydrogen-bond acceptors (Lipinski definition) is 3. The zero-order chi connectivity index (χ0) is 22.9. The van der Waals surface area contributed by atoms with Crippen molar-refractivity contribution < 1.29 is 4.79 Å². The summed E-state index contributed by atoms with van der Waals surface area (Å²) in [4.78, 5) is 34.9. The van der Waals surface area contributed by atoms with E-state index in [4.69, 9.17) is 4.98 Å². The molecular formula is C27H29N3O2. The Hall–Kier alpha value is -3.47. The summed E-state index contributed by atoms with van der Waals surface area (Å²) >= 11 is 0. The van der Waals surface area contributed by atoms with E-state index in [-0.39, 0.29) is 23.4 Å². The standard InChI is InChI=1S/C27H29N3O2/c1-5-16-27(17-6-2)26(32)29(18-20-12-8-7-9-13-20)23(19(3)4)24-28-22-15-11-10-14-21(22)25(31)30(24)27/h5-15,19,23H,1-2,16-18H2,3-4H3/t23-/m0/s1. The van der Waals surface area contributed by atoms with Crippen molar-refractivity contribution in [2.45, 2.75) is 44.8 Å². The monoisotopic (exact) mass is 427 g/mol. The summed E-state index contributed by atoms with van der Waals surface area (Å²) in [5.41, 5.74) is 0.365. The van der Waals surface area contributed by atoms with Crippen molar-refractivity contribution in [3.05, 3.63) is 102 Å². The zero-order valence-electron chi connectivity index (χ0n) is 18.7. The fourth-order valence-electron chi connectivity index (χ4n) is 4.92.